The Morgan fingerprint density at radius 1 is 1.08 bits per heavy atom. The summed E-state index contributed by atoms with van der Waals surface area (Å²) in [5, 5.41) is 2.34. The average Bonchev–Trinajstić information content (AvgIpc) is 2.54. The van der Waals surface area contributed by atoms with Gasteiger partial charge in [0.15, 0.2) is 0 Å². The summed E-state index contributed by atoms with van der Waals surface area (Å²) in [6.45, 7) is 0. The largest absolute Gasteiger partial charge is 0.416 e. The monoisotopic (exact) mass is 354 g/mol. The zero-order valence-corrected chi connectivity index (χ0v) is 12.8. The molecule has 0 aliphatic heterocycles. The lowest BCUT2D eigenvalue weighted by Gasteiger charge is -2.16. The lowest BCUT2D eigenvalue weighted by atomic mass is 10.0. The predicted octanol–water partition coefficient (Wildman–Crippen LogP) is 2.67. The van der Waals surface area contributed by atoms with E-state index in [9.17, 15) is 27.2 Å². The number of halogens is 4. The van der Waals surface area contributed by atoms with E-state index >= 15 is 0 Å². The van der Waals surface area contributed by atoms with Crippen LogP contribution in [0.5, 0.6) is 0 Å². The van der Waals surface area contributed by atoms with E-state index < -0.39 is 35.4 Å². The highest BCUT2D eigenvalue weighted by atomic mass is 19.4. The van der Waals surface area contributed by atoms with Crippen molar-refractivity contribution in [2.24, 2.45) is 5.73 Å². The molecule has 0 saturated carbocycles. The second-order valence-electron chi connectivity index (χ2n) is 5.34. The minimum atomic E-state index is -4.52. The van der Waals surface area contributed by atoms with Gasteiger partial charge in [-0.1, -0.05) is 18.2 Å². The number of rotatable bonds is 5. The molecule has 0 unspecified atom stereocenters. The third-order valence-corrected chi connectivity index (χ3v) is 3.45. The predicted molar refractivity (Wildman–Crippen MR) is 82.0 cm³/mol. The number of alkyl halides is 3. The second-order valence-corrected chi connectivity index (χ2v) is 5.34. The Morgan fingerprint density at radius 3 is 2.28 bits per heavy atom. The van der Waals surface area contributed by atoms with Crippen molar-refractivity contribution < 1.29 is 27.2 Å². The molecule has 2 rings (SSSR count). The number of primary amides is 1. The van der Waals surface area contributed by atoms with Gasteiger partial charge in [-0.25, -0.2) is 4.39 Å². The summed E-state index contributed by atoms with van der Waals surface area (Å²) in [6.07, 6.45) is -4.72. The molecule has 4 nitrogen and oxygen atoms in total. The Labute approximate surface area is 140 Å². The van der Waals surface area contributed by atoms with Gasteiger partial charge in [0, 0.05) is 12.0 Å². The number of nitrogens with two attached hydrogens (primary N) is 1. The van der Waals surface area contributed by atoms with E-state index in [4.69, 9.17) is 5.73 Å². The third-order valence-electron chi connectivity index (χ3n) is 3.45. The number of benzene rings is 2. The summed E-state index contributed by atoms with van der Waals surface area (Å²) < 4.78 is 51.1. The Hall–Kier alpha value is -2.90. The van der Waals surface area contributed by atoms with Crippen LogP contribution >= 0.6 is 0 Å². The molecule has 0 radical (unpaired) electrons. The zero-order valence-electron chi connectivity index (χ0n) is 12.8. The molecule has 0 heterocycles. The number of hydrogen-bond donors (Lipinski definition) is 2. The van der Waals surface area contributed by atoms with Gasteiger partial charge in [-0.15, -0.1) is 0 Å². The van der Waals surface area contributed by atoms with Gasteiger partial charge in [-0.2, -0.15) is 13.2 Å². The van der Waals surface area contributed by atoms with E-state index in [0.29, 0.717) is 0 Å². The van der Waals surface area contributed by atoms with Gasteiger partial charge < -0.3 is 11.1 Å². The molecule has 0 aromatic heterocycles. The molecular formula is C17H14F4N2O2. The van der Waals surface area contributed by atoms with E-state index in [1.807, 2.05) is 0 Å². The number of amides is 2. The fourth-order valence-electron chi connectivity index (χ4n) is 2.18. The summed E-state index contributed by atoms with van der Waals surface area (Å²) in [6, 6.07) is 7.76. The fraction of sp³-hybridized carbons (Fsp3) is 0.176. The molecule has 25 heavy (non-hydrogen) atoms. The van der Waals surface area contributed by atoms with Crippen molar-refractivity contribution in [3.8, 4) is 0 Å². The lowest BCUT2D eigenvalue weighted by molar-refractivity contribution is -0.137. The first-order valence-electron chi connectivity index (χ1n) is 7.18. The maximum absolute atomic E-state index is 12.9. The molecular weight excluding hydrogens is 340 g/mol. The van der Waals surface area contributed by atoms with E-state index in [1.54, 1.807) is 0 Å². The first-order chi connectivity index (χ1) is 11.7. The van der Waals surface area contributed by atoms with Gasteiger partial charge in [0.1, 0.15) is 11.9 Å². The standard InChI is InChI=1S/C17H14F4N2O2/c18-13-6-4-11(5-7-13)16(25)23-14(15(22)24)9-10-2-1-3-12(8-10)17(19,20)21/h1-8,14H,9H2,(H2,22,24)(H,23,25)/t14-/m0/s1. The molecule has 8 heteroatoms. The van der Waals surface area contributed by atoms with Crippen molar-refractivity contribution in [1.29, 1.82) is 0 Å². The molecule has 0 spiro atoms. The van der Waals surface area contributed by atoms with Gasteiger partial charge in [0.25, 0.3) is 5.91 Å². The molecule has 3 N–H and O–H groups in total. The van der Waals surface area contributed by atoms with Crippen LogP contribution in [0.3, 0.4) is 0 Å². The molecule has 1 atom stereocenters. The van der Waals surface area contributed by atoms with Crippen LogP contribution in [-0.4, -0.2) is 17.9 Å². The topological polar surface area (TPSA) is 72.2 Å². The summed E-state index contributed by atoms with van der Waals surface area (Å²) in [7, 11) is 0. The van der Waals surface area contributed by atoms with Crippen molar-refractivity contribution in [2.75, 3.05) is 0 Å². The van der Waals surface area contributed by atoms with Gasteiger partial charge in [0.05, 0.1) is 5.56 Å². The Bertz CT molecular complexity index is 773. The van der Waals surface area contributed by atoms with E-state index in [1.165, 1.54) is 24.3 Å². The minimum Gasteiger partial charge on any atom is -0.368 e. The highest BCUT2D eigenvalue weighted by molar-refractivity contribution is 5.97. The number of nitrogens with one attached hydrogen (secondary N) is 1. The Kier molecular flexibility index (Phi) is 5.41. The number of hydrogen-bond acceptors (Lipinski definition) is 2. The minimum absolute atomic E-state index is 0.0942. The highest BCUT2D eigenvalue weighted by Crippen LogP contribution is 2.29. The average molecular weight is 354 g/mol. The number of carbonyl (C=O) groups is 2. The molecule has 0 bridgehead atoms. The Morgan fingerprint density at radius 2 is 1.72 bits per heavy atom. The molecule has 2 amide bonds. The van der Waals surface area contributed by atoms with Crippen molar-refractivity contribution in [2.45, 2.75) is 18.6 Å². The van der Waals surface area contributed by atoms with Crippen LogP contribution in [0, 0.1) is 5.82 Å². The van der Waals surface area contributed by atoms with E-state index in [0.717, 1.165) is 24.3 Å². The van der Waals surface area contributed by atoms with Crippen molar-refractivity contribution in [1.82, 2.24) is 5.32 Å². The van der Waals surface area contributed by atoms with Gasteiger partial charge in [-0.05, 0) is 35.9 Å². The van der Waals surface area contributed by atoms with Crippen LogP contribution in [0.2, 0.25) is 0 Å². The SMILES string of the molecule is NC(=O)[C@H](Cc1cccc(C(F)(F)F)c1)NC(=O)c1ccc(F)cc1. The molecule has 0 aliphatic rings. The summed E-state index contributed by atoms with van der Waals surface area (Å²) in [4.78, 5) is 23.6. The van der Waals surface area contributed by atoms with Crippen LogP contribution in [0.15, 0.2) is 48.5 Å². The van der Waals surface area contributed by atoms with Crippen molar-refractivity contribution in [3.05, 3.63) is 71.0 Å². The quantitative estimate of drug-likeness (QED) is 0.811. The number of carbonyl (C=O) groups excluding carboxylic acids is 2. The van der Waals surface area contributed by atoms with Crippen LogP contribution in [-0.2, 0) is 17.4 Å². The van der Waals surface area contributed by atoms with Crippen LogP contribution in [0.1, 0.15) is 21.5 Å². The normalized spacial score (nSPS) is 12.5. The molecule has 132 valence electrons. The lowest BCUT2D eigenvalue weighted by Crippen LogP contribution is -2.45. The van der Waals surface area contributed by atoms with Crippen LogP contribution in [0.25, 0.3) is 0 Å². The first kappa shape index (κ1) is 18.4. The fourth-order valence-corrected chi connectivity index (χ4v) is 2.18. The third kappa shape index (κ3) is 5.03. The summed E-state index contributed by atoms with van der Waals surface area (Å²) in [5.74, 6) is -2.12. The molecule has 0 fully saturated rings. The van der Waals surface area contributed by atoms with Crippen molar-refractivity contribution in [3.63, 3.8) is 0 Å². The molecule has 2 aromatic rings. The maximum atomic E-state index is 12.9. The zero-order chi connectivity index (χ0) is 18.6. The van der Waals surface area contributed by atoms with Crippen LogP contribution < -0.4 is 11.1 Å². The maximum Gasteiger partial charge on any atom is 0.416 e. The summed E-state index contributed by atoms with van der Waals surface area (Å²) in [5.41, 5.74) is 4.65. The second kappa shape index (κ2) is 7.33. The Balaban J connectivity index is 2.15. The molecule has 2 aromatic carbocycles. The smallest absolute Gasteiger partial charge is 0.368 e. The van der Waals surface area contributed by atoms with E-state index in [-0.39, 0.29) is 17.5 Å². The van der Waals surface area contributed by atoms with Crippen LogP contribution in [0.4, 0.5) is 17.6 Å². The summed E-state index contributed by atoms with van der Waals surface area (Å²) >= 11 is 0. The highest BCUT2D eigenvalue weighted by Gasteiger charge is 2.30. The van der Waals surface area contributed by atoms with Gasteiger partial charge in [-0.3, -0.25) is 9.59 Å². The van der Waals surface area contributed by atoms with Gasteiger partial charge >= 0.3 is 6.18 Å². The van der Waals surface area contributed by atoms with Gasteiger partial charge in [0.2, 0.25) is 5.91 Å². The molecule has 0 saturated heterocycles. The van der Waals surface area contributed by atoms with Crippen molar-refractivity contribution >= 4 is 11.8 Å². The molecule has 0 aliphatic carbocycles. The first-order valence-corrected chi connectivity index (χ1v) is 7.18. The van der Waals surface area contributed by atoms with E-state index in [2.05, 4.69) is 5.32 Å².